The second kappa shape index (κ2) is 5.65. The third-order valence-corrected chi connectivity index (χ3v) is 0.491. The van der Waals surface area contributed by atoms with Crippen molar-refractivity contribution in [3.8, 4) is 0 Å². The molecule has 0 saturated heterocycles. The summed E-state index contributed by atoms with van der Waals surface area (Å²) in [6.07, 6.45) is 2.14. The molecule has 0 amide bonds. The molecule has 3 nitrogen and oxygen atoms in total. The molecule has 0 heterocycles. The number of aliphatic imine (C=N–C) groups is 1. The summed E-state index contributed by atoms with van der Waals surface area (Å²) >= 11 is 1.67. The van der Waals surface area contributed by atoms with E-state index >= 15 is 0 Å². The molecule has 7 heavy (non-hydrogen) atoms. The monoisotopic (exact) mass is 210 g/mol. The van der Waals surface area contributed by atoms with Crippen LogP contribution in [0.2, 0.25) is 0 Å². The van der Waals surface area contributed by atoms with Gasteiger partial charge in [-0.3, -0.25) is 5.41 Å². The van der Waals surface area contributed by atoms with Crippen LogP contribution in [0.25, 0.3) is 0 Å². The second-order valence-corrected chi connectivity index (χ2v) is 1.10. The molecular weight excluding hydrogens is 207 g/mol. The maximum absolute atomic E-state index is 6.35. The smallest absolute Gasteiger partial charge is 0.192 e. The first-order chi connectivity index (χ1) is 3.41. The molecule has 4 heteroatoms. The van der Waals surface area contributed by atoms with Gasteiger partial charge in [-0.2, -0.15) is 4.99 Å². The van der Waals surface area contributed by atoms with Crippen molar-refractivity contribution >= 4 is 35.2 Å². The van der Waals surface area contributed by atoms with Crippen molar-refractivity contribution in [2.75, 3.05) is 0 Å². The predicted octanol–water partition coefficient (Wildman–Crippen LogP) is 1.14. The number of halogens is 1. The predicted molar refractivity (Wildman–Crippen MR) is 35.9 cm³/mol. The van der Waals surface area contributed by atoms with Gasteiger partial charge in [0.2, 0.25) is 0 Å². The molecule has 0 radical (unpaired) electrons. The molecule has 0 fully saturated rings. The Morgan fingerprint density at radius 1 is 1.86 bits per heavy atom. The maximum Gasteiger partial charge on any atom is 0.192 e. The highest BCUT2D eigenvalue weighted by Crippen LogP contribution is 1.79. The summed E-state index contributed by atoms with van der Waals surface area (Å²) in [6, 6.07) is 0. The van der Waals surface area contributed by atoms with Gasteiger partial charge < -0.3 is 3.07 Å². The van der Waals surface area contributed by atoms with Crippen LogP contribution in [0.5, 0.6) is 0 Å². The average Bonchev–Trinajstić information content (AvgIpc) is 1.69. The first-order valence-corrected chi connectivity index (χ1v) is 2.33. The summed E-state index contributed by atoms with van der Waals surface area (Å²) in [5.41, 5.74) is 0. The van der Waals surface area contributed by atoms with Crippen molar-refractivity contribution in [1.29, 1.82) is 5.41 Å². The van der Waals surface area contributed by atoms with Gasteiger partial charge in [0.1, 0.15) is 6.34 Å². The van der Waals surface area contributed by atoms with Gasteiger partial charge in [-0.05, 0) is 0 Å². The molecule has 0 aliphatic rings. The van der Waals surface area contributed by atoms with Crippen molar-refractivity contribution in [1.82, 2.24) is 0 Å². The molecule has 0 aromatic heterocycles. The van der Waals surface area contributed by atoms with Crippen LogP contribution in [-0.4, -0.2) is 12.2 Å². The van der Waals surface area contributed by atoms with Crippen molar-refractivity contribution in [2.45, 2.75) is 0 Å². The van der Waals surface area contributed by atoms with Gasteiger partial charge in [-0.25, -0.2) is 0 Å². The summed E-state index contributed by atoms with van der Waals surface area (Å²) in [5.74, 6) is 2.31. The van der Waals surface area contributed by atoms with Crippen LogP contribution >= 0.6 is 23.0 Å². The average molecular weight is 210 g/mol. The number of hydrogen-bond donors (Lipinski definition) is 1. The molecule has 0 saturated carbocycles. The van der Waals surface area contributed by atoms with Crippen LogP contribution in [0.15, 0.2) is 11.3 Å². The summed E-state index contributed by atoms with van der Waals surface area (Å²) in [5, 5.41) is 6.35. The van der Waals surface area contributed by atoms with Crippen molar-refractivity contribution in [2.24, 2.45) is 4.99 Å². The molecule has 0 aliphatic heterocycles. The Morgan fingerprint density at radius 3 is 3.00 bits per heavy atom. The minimum absolute atomic E-state index is 0.881. The third-order valence-electron chi connectivity index (χ3n) is 0.236. The Balaban J connectivity index is 3.40. The molecular formula is C3H3IN2O. The van der Waals surface area contributed by atoms with E-state index in [9.17, 15) is 0 Å². The van der Waals surface area contributed by atoms with Crippen molar-refractivity contribution < 1.29 is 3.07 Å². The number of hydrogen-bond acceptors (Lipinski definition) is 2. The van der Waals surface area contributed by atoms with Gasteiger partial charge in [0.15, 0.2) is 29.3 Å². The first-order valence-electron chi connectivity index (χ1n) is 1.45. The van der Waals surface area contributed by atoms with Gasteiger partial charge >= 0.3 is 0 Å². The standard InChI is InChI=1S/C3H3IN2O/c4-7-2-1-6-3-5/h2-3,5H. The Hall–Kier alpha value is -0.350. The molecule has 0 rings (SSSR count). The van der Waals surface area contributed by atoms with E-state index in [2.05, 4.69) is 13.9 Å². The Kier molecular flexibility index (Phi) is 5.37. The Morgan fingerprint density at radius 2 is 2.57 bits per heavy atom. The normalized spacial score (nSPS) is 5.86. The topological polar surface area (TPSA) is 45.4 Å². The van der Waals surface area contributed by atoms with Crippen LogP contribution in [0.1, 0.15) is 0 Å². The van der Waals surface area contributed by atoms with Gasteiger partial charge in [-0.15, -0.1) is 0 Å². The molecule has 38 valence electrons. The largest absolute Gasteiger partial charge is 0.425 e. The van der Waals surface area contributed by atoms with E-state index < -0.39 is 0 Å². The number of rotatable bonds is 2. The van der Waals surface area contributed by atoms with E-state index in [1.807, 2.05) is 0 Å². The van der Waals surface area contributed by atoms with Crippen LogP contribution in [0.4, 0.5) is 0 Å². The molecule has 0 aliphatic carbocycles. The number of nitrogens with zero attached hydrogens (tertiary/aromatic N) is 1. The highest BCUT2D eigenvalue weighted by molar-refractivity contribution is 14.1. The fourth-order valence-electron chi connectivity index (χ4n) is 0.0876. The Bertz CT molecular complexity index is 106. The van der Waals surface area contributed by atoms with Crippen molar-refractivity contribution in [3.63, 3.8) is 0 Å². The highest BCUT2D eigenvalue weighted by atomic mass is 127. The highest BCUT2D eigenvalue weighted by Gasteiger charge is 1.54. The Labute approximate surface area is 55.3 Å². The lowest BCUT2D eigenvalue weighted by Gasteiger charge is -1.68. The van der Waals surface area contributed by atoms with Gasteiger partial charge in [0.25, 0.3) is 0 Å². The second-order valence-electron chi connectivity index (χ2n) is 0.594. The fourth-order valence-corrected chi connectivity index (χ4v) is 0.201. The van der Waals surface area contributed by atoms with Crippen LogP contribution in [0.3, 0.4) is 0 Å². The maximum atomic E-state index is 6.35. The van der Waals surface area contributed by atoms with Gasteiger partial charge in [-0.1, -0.05) is 0 Å². The molecule has 0 bridgehead atoms. The molecule has 0 aromatic carbocycles. The van der Waals surface area contributed by atoms with E-state index in [0.717, 1.165) is 6.34 Å². The SMILES string of the molecule is N=CN=C=COI. The van der Waals surface area contributed by atoms with Crippen molar-refractivity contribution in [3.05, 3.63) is 6.26 Å². The van der Waals surface area contributed by atoms with E-state index in [4.69, 9.17) is 5.41 Å². The summed E-state index contributed by atoms with van der Waals surface area (Å²) in [7, 11) is 0. The van der Waals surface area contributed by atoms with E-state index in [0.29, 0.717) is 0 Å². The fraction of sp³-hybridized carbons (Fsp3) is 0. The lowest BCUT2D eigenvalue weighted by molar-refractivity contribution is 0.646. The minimum atomic E-state index is 0.881. The van der Waals surface area contributed by atoms with Gasteiger partial charge in [0, 0.05) is 5.87 Å². The quantitative estimate of drug-likeness (QED) is 0.316. The molecule has 0 atom stereocenters. The van der Waals surface area contributed by atoms with E-state index in [1.54, 1.807) is 23.0 Å². The van der Waals surface area contributed by atoms with E-state index in [-0.39, 0.29) is 0 Å². The zero-order chi connectivity index (χ0) is 5.54. The zero-order valence-electron chi connectivity index (χ0n) is 3.39. The lowest BCUT2D eigenvalue weighted by atomic mass is 11.1. The van der Waals surface area contributed by atoms with E-state index in [1.165, 1.54) is 6.26 Å². The lowest BCUT2D eigenvalue weighted by Crippen LogP contribution is -1.57. The van der Waals surface area contributed by atoms with Crippen LogP contribution < -0.4 is 0 Å². The summed E-state index contributed by atoms with van der Waals surface area (Å²) < 4.78 is 4.38. The summed E-state index contributed by atoms with van der Waals surface area (Å²) in [6.45, 7) is 0. The molecule has 0 unspecified atom stereocenters. The molecule has 0 spiro atoms. The zero-order valence-corrected chi connectivity index (χ0v) is 5.55. The third kappa shape index (κ3) is 5.65. The number of nitrogens with one attached hydrogen (secondary N) is 1. The molecule has 0 aromatic rings. The first kappa shape index (κ1) is 6.65. The van der Waals surface area contributed by atoms with Crippen LogP contribution in [-0.2, 0) is 3.07 Å². The molecule has 1 N–H and O–H groups in total. The van der Waals surface area contributed by atoms with Gasteiger partial charge in [0.05, 0.1) is 0 Å². The summed E-state index contributed by atoms with van der Waals surface area (Å²) in [4.78, 5) is 3.27. The van der Waals surface area contributed by atoms with Crippen LogP contribution in [0, 0.1) is 5.41 Å². The minimum Gasteiger partial charge on any atom is -0.425 e.